The van der Waals surface area contributed by atoms with Crippen molar-refractivity contribution in [1.82, 2.24) is 9.80 Å². The lowest BCUT2D eigenvalue weighted by Gasteiger charge is -2.36. The summed E-state index contributed by atoms with van der Waals surface area (Å²) in [4.78, 5) is 30.5. The van der Waals surface area contributed by atoms with Crippen LogP contribution in [0.2, 0.25) is 0 Å². The van der Waals surface area contributed by atoms with Crippen molar-refractivity contribution >= 4 is 11.8 Å². The van der Waals surface area contributed by atoms with Crippen molar-refractivity contribution in [3.63, 3.8) is 0 Å². The first-order valence-corrected chi connectivity index (χ1v) is 12.7. The fourth-order valence-electron chi connectivity index (χ4n) is 4.62. The van der Waals surface area contributed by atoms with Crippen LogP contribution in [0.15, 0.2) is 60.7 Å². The molecule has 0 bridgehead atoms. The highest BCUT2D eigenvalue weighted by Gasteiger charge is 2.33. The van der Waals surface area contributed by atoms with Gasteiger partial charge >= 0.3 is 0 Å². The summed E-state index contributed by atoms with van der Waals surface area (Å²) in [6, 6.07) is 18.9. The van der Waals surface area contributed by atoms with E-state index in [1.807, 2.05) is 84.3 Å². The second-order valence-corrected chi connectivity index (χ2v) is 9.23. The van der Waals surface area contributed by atoms with E-state index in [-0.39, 0.29) is 37.1 Å². The zero-order chi connectivity index (χ0) is 25.3. The monoisotopic (exact) mass is 496 g/mol. The first-order chi connectivity index (χ1) is 17.6. The molecule has 2 aromatic rings. The lowest BCUT2D eigenvalue weighted by Crippen LogP contribution is -2.49. The maximum Gasteiger partial charge on any atom is 0.256 e. The van der Waals surface area contributed by atoms with Gasteiger partial charge in [0.2, 0.25) is 0 Å². The van der Waals surface area contributed by atoms with Crippen molar-refractivity contribution in [1.29, 1.82) is 0 Å². The van der Waals surface area contributed by atoms with Crippen molar-refractivity contribution in [3.8, 4) is 0 Å². The number of morpholine rings is 2. The molecule has 2 aliphatic rings. The Bertz CT molecular complexity index is 893. The summed E-state index contributed by atoms with van der Waals surface area (Å²) in [7, 11) is 0. The summed E-state index contributed by atoms with van der Waals surface area (Å²) >= 11 is 0. The Morgan fingerprint density at radius 1 is 0.750 bits per heavy atom. The standard InChI is InChI=1S/C28H36N2O6/c1-21-19-33-15-13-29(21)27(31)25(23-9-5-3-6-10-23)35-17-18-36-26(24-11-7-4-8-12-24)28(32)30-14-16-34-20-22(30)2/h3-12,21-22,25-26H,13-20H2,1-2H3. The van der Waals surface area contributed by atoms with Crippen LogP contribution in [-0.4, -0.2) is 86.4 Å². The lowest BCUT2D eigenvalue weighted by molar-refractivity contribution is -0.158. The highest BCUT2D eigenvalue weighted by atomic mass is 16.5. The van der Waals surface area contributed by atoms with E-state index in [2.05, 4.69) is 0 Å². The smallest absolute Gasteiger partial charge is 0.256 e. The Hall–Kier alpha value is -2.78. The van der Waals surface area contributed by atoms with E-state index in [0.717, 1.165) is 11.1 Å². The Morgan fingerprint density at radius 3 is 1.50 bits per heavy atom. The SMILES string of the molecule is CC1COCCN1C(=O)C(OCCOC(C(=O)N1CCOCC1C)c1ccccc1)c1ccccc1. The van der Waals surface area contributed by atoms with E-state index in [1.54, 1.807) is 0 Å². The molecule has 2 aliphatic heterocycles. The highest BCUT2D eigenvalue weighted by Crippen LogP contribution is 2.25. The average Bonchev–Trinajstić information content (AvgIpc) is 2.92. The van der Waals surface area contributed by atoms with Gasteiger partial charge in [-0.05, 0) is 25.0 Å². The van der Waals surface area contributed by atoms with Crippen molar-refractivity contribution < 1.29 is 28.5 Å². The number of nitrogens with zero attached hydrogens (tertiary/aromatic N) is 2. The van der Waals surface area contributed by atoms with Gasteiger partial charge in [-0.2, -0.15) is 0 Å². The molecule has 0 aliphatic carbocycles. The number of hydrogen-bond acceptors (Lipinski definition) is 6. The molecule has 0 radical (unpaired) electrons. The van der Waals surface area contributed by atoms with Gasteiger partial charge in [-0.3, -0.25) is 9.59 Å². The highest BCUT2D eigenvalue weighted by molar-refractivity contribution is 5.83. The predicted molar refractivity (Wildman–Crippen MR) is 134 cm³/mol. The summed E-state index contributed by atoms with van der Waals surface area (Å²) in [6.07, 6.45) is -1.50. The van der Waals surface area contributed by atoms with Gasteiger partial charge in [0.05, 0.1) is 51.7 Å². The van der Waals surface area contributed by atoms with Crippen LogP contribution in [0.25, 0.3) is 0 Å². The quantitative estimate of drug-likeness (QED) is 0.497. The van der Waals surface area contributed by atoms with Crippen LogP contribution in [0.5, 0.6) is 0 Å². The summed E-state index contributed by atoms with van der Waals surface area (Å²) in [5, 5.41) is 0. The molecule has 8 heteroatoms. The molecule has 36 heavy (non-hydrogen) atoms. The maximum atomic E-state index is 13.4. The molecule has 8 nitrogen and oxygen atoms in total. The summed E-state index contributed by atoms with van der Waals surface area (Å²) in [5.74, 6) is -0.176. The van der Waals surface area contributed by atoms with Crippen molar-refractivity contribution in [2.24, 2.45) is 0 Å². The minimum Gasteiger partial charge on any atom is -0.377 e. The number of amides is 2. The summed E-state index contributed by atoms with van der Waals surface area (Å²) in [6.45, 7) is 7.41. The normalized spacial score (nSPS) is 22.2. The van der Waals surface area contributed by atoms with Crippen LogP contribution in [0.4, 0.5) is 0 Å². The van der Waals surface area contributed by atoms with E-state index in [1.165, 1.54) is 0 Å². The molecule has 0 N–H and O–H groups in total. The second kappa shape index (κ2) is 13.0. The molecule has 2 heterocycles. The van der Waals surface area contributed by atoms with Crippen molar-refractivity contribution in [2.75, 3.05) is 52.7 Å². The van der Waals surface area contributed by atoms with E-state index in [0.29, 0.717) is 39.5 Å². The molecule has 0 saturated carbocycles. The predicted octanol–water partition coefficient (Wildman–Crippen LogP) is 3.00. The number of carbonyl (C=O) groups excluding carboxylic acids is 2. The van der Waals surface area contributed by atoms with Gasteiger partial charge in [0.15, 0.2) is 12.2 Å². The van der Waals surface area contributed by atoms with Crippen LogP contribution < -0.4 is 0 Å². The zero-order valence-electron chi connectivity index (χ0n) is 21.1. The van der Waals surface area contributed by atoms with Crippen LogP contribution in [-0.2, 0) is 28.5 Å². The molecule has 194 valence electrons. The van der Waals surface area contributed by atoms with Crippen LogP contribution in [0.1, 0.15) is 37.2 Å². The Balaban J connectivity index is 1.43. The van der Waals surface area contributed by atoms with Crippen LogP contribution in [0, 0.1) is 0 Å². The third-order valence-electron chi connectivity index (χ3n) is 6.61. The lowest BCUT2D eigenvalue weighted by atomic mass is 10.1. The Morgan fingerprint density at radius 2 is 1.14 bits per heavy atom. The molecule has 0 spiro atoms. The molecule has 0 aromatic heterocycles. The minimum absolute atomic E-state index is 0.0205. The van der Waals surface area contributed by atoms with Crippen LogP contribution >= 0.6 is 0 Å². The minimum atomic E-state index is -0.750. The number of hydrogen-bond donors (Lipinski definition) is 0. The van der Waals surface area contributed by atoms with E-state index < -0.39 is 12.2 Å². The molecule has 4 atom stereocenters. The second-order valence-electron chi connectivity index (χ2n) is 9.23. The first kappa shape index (κ1) is 26.3. The van der Waals surface area contributed by atoms with Gasteiger partial charge in [-0.1, -0.05) is 60.7 Å². The number of carbonyl (C=O) groups is 2. The van der Waals surface area contributed by atoms with E-state index in [9.17, 15) is 9.59 Å². The van der Waals surface area contributed by atoms with Gasteiger partial charge in [0, 0.05) is 13.1 Å². The molecule has 4 unspecified atom stereocenters. The number of rotatable bonds is 9. The van der Waals surface area contributed by atoms with Gasteiger partial charge in [-0.15, -0.1) is 0 Å². The summed E-state index contributed by atoms with van der Waals surface area (Å²) in [5.41, 5.74) is 1.58. The molecule has 2 aromatic carbocycles. The van der Waals surface area contributed by atoms with E-state index >= 15 is 0 Å². The van der Waals surface area contributed by atoms with Gasteiger partial charge in [0.25, 0.3) is 11.8 Å². The molecular weight excluding hydrogens is 460 g/mol. The topological polar surface area (TPSA) is 77.5 Å². The van der Waals surface area contributed by atoms with Crippen molar-refractivity contribution in [2.45, 2.75) is 38.1 Å². The third kappa shape index (κ3) is 6.50. The third-order valence-corrected chi connectivity index (χ3v) is 6.61. The van der Waals surface area contributed by atoms with Gasteiger partial charge in [0.1, 0.15) is 0 Å². The Kier molecular flexibility index (Phi) is 9.47. The average molecular weight is 497 g/mol. The number of benzene rings is 2. The largest absolute Gasteiger partial charge is 0.377 e. The maximum absolute atomic E-state index is 13.4. The molecule has 2 saturated heterocycles. The molecule has 4 rings (SSSR count). The molecular formula is C28H36N2O6. The molecule has 2 fully saturated rings. The van der Waals surface area contributed by atoms with Crippen LogP contribution in [0.3, 0.4) is 0 Å². The Labute approximate surface area is 213 Å². The number of ether oxygens (including phenoxy) is 4. The first-order valence-electron chi connectivity index (χ1n) is 12.7. The van der Waals surface area contributed by atoms with E-state index in [4.69, 9.17) is 18.9 Å². The zero-order valence-corrected chi connectivity index (χ0v) is 21.1. The fraction of sp³-hybridized carbons (Fsp3) is 0.500. The van der Waals surface area contributed by atoms with Gasteiger partial charge in [-0.25, -0.2) is 0 Å². The summed E-state index contributed by atoms with van der Waals surface area (Å²) < 4.78 is 23.2. The fourth-order valence-corrected chi connectivity index (χ4v) is 4.62. The van der Waals surface area contributed by atoms with Gasteiger partial charge < -0.3 is 28.7 Å². The molecule has 2 amide bonds. The van der Waals surface area contributed by atoms with Crippen molar-refractivity contribution in [3.05, 3.63) is 71.8 Å².